The monoisotopic (exact) mass is 332 g/mol. The van der Waals surface area contributed by atoms with Crippen LogP contribution >= 0.6 is 0 Å². The first-order valence-corrected chi connectivity index (χ1v) is 8.44. The summed E-state index contributed by atoms with van der Waals surface area (Å²) in [6.07, 6.45) is 0. The molecule has 3 rings (SSSR count). The molecule has 6 heteroatoms. The van der Waals surface area contributed by atoms with Gasteiger partial charge in [-0.15, -0.1) is 0 Å². The van der Waals surface area contributed by atoms with Gasteiger partial charge in [-0.05, 0) is 19.1 Å². The maximum absolute atomic E-state index is 13.9. The third kappa shape index (κ3) is 3.43. The van der Waals surface area contributed by atoms with Crippen molar-refractivity contribution in [3.63, 3.8) is 0 Å². The highest BCUT2D eigenvalue weighted by Gasteiger charge is 2.28. The second-order valence-corrected chi connectivity index (χ2v) is 7.36. The molecule has 0 bridgehead atoms. The second kappa shape index (κ2) is 6.51. The minimum absolute atomic E-state index is 0.0661. The van der Waals surface area contributed by atoms with Gasteiger partial charge in [-0.1, -0.05) is 38.1 Å². The molecule has 1 aliphatic rings. The van der Waals surface area contributed by atoms with E-state index in [0.29, 0.717) is 11.6 Å². The molecule has 1 atom stereocenters. The quantitative estimate of drug-likeness (QED) is 0.862. The van der Waals surface area contributed by atoms with E-state index >= 15 is 0 Å². The van der Waals surface area contributed by atoms with Crippen LogP contribution in [-0.4, -0.2) is 41.2 Å². The highest BCUT2D eigenvalue weighted by molar-refractivity contribution is 5.48. The number of hydrogen-bond acceptors (Lipinski definition) is 5. The summed E-state index contributed by atoms with van der Waals surface area (Å²) in [4.78, 5) is 8.95. The minimum Gasteiger partial charge on any atom is -0.367 e. The minimum atomic E-state index is -0.161. The molecule has 1 aliphatic heterocycles. The van der Waals surface area contributed by atoms with Crippen LogP contribution < -0.4 is 4.90 Å². The predicted octanol–water partition coefficient (Wildman–Crippen LogP) is 3.39. The van der Waals surface area contributed by atoms with Gasteiger partial charge in [0.1, 0.15) is 5.82 Å². The van der Waals surface area contributed by atoms with E-state index in [1.165, 1.54) is 6.07 Å². The van der Waals surface area contributed by atoms with Gasteiger partial charge in [0.15, 0.2) is 5.82 Å². The Balaban J connectivity index is 1.64. The predicted molar refractivity (Wildman–Crippen MR) is 91.6 cm³/mol. The summed E-state index contributed by atoms with van der Waals surface area (Å²) in [5, 5.41) is 4.10. The van der Waals surface area contributed by atoms with Crippen molar-refractivity contribution in [2.24, 2.45) is 0 Å². The number of benzene rings is 1. The lowest BCUT2D eigenvalue weighted by Gasteiger charge is -2.38. The molecule has 1 fully saturated rings. The topological polar surface area (TPSA) is 45.4 Å². The zero-order valence-electron chi connectivity index (χ0n) is 14.8. The van der Waals surface area contributed by atoms with Crippen molar-refractivity contribution in [1.82, 2.24) is 15.0 Å². The van der Waals surface area contributed by atoms with Crippen molar-refractivity contribution in [2.75, 3.05) is 31.1 Å². The van der Waals surface area contributed by atoms with Crippen molar-refractivity contribution in [3.05, 3.63) is 41.8 Å². The second-order valence-electron chi connectivity index (χ2n) is 7.36. The summed E-state index contributed by atoms with van der Waals surface area (Å²) in [6, 6.07) is 7.01. The Bertz CT molecular complexity index is 686. The highest BCUT2D eigenvalue weighted by Crippen LogP contribution is 2.26. The normalized spacial score (nSPS) is 18.0. The molecule has 0 radical (unpaired) electrons. The van der Waals surface area contributed by atoms with E-state index in [-0.39, 0.29) is 17.3 Å². The third-order valence-corrected chi connectivity index (χ3v) is 4.53. The number of piperazine rings is 1. The van der Waals surface area contributed by atoms with Crippen LogP contribution in [0.2, 0.25) is 0 Å². The van der Waals surface area contributed by atoms with Crippen LogP contribution in [0.15, 0.2) is 28.8 Å². The standard InChI is InChI=1S/C18H25FN4O/c1-13(16-20-17(21-24-16)18(2,3)4)22-9-11-23(12-10-22)15-8-6-5-7-14(15)19/h5-8,13H,9-12H2,1-4H3/t13-/m1/s1. The van der Waals surface area contributed by atoms with Gasteiger partial charge in [-0.3, -0.25) is 4.90 Å². The Kier molecular flexibility index (Phi) is 4.58. The van der Waals surface area contributed by atoms with E-state index in [4.69, 9.17) is 4.52 Å². The van der Waals surface area contributed by atoms with Crippen LogP contribution in [0.4, 0.5) is 10.1 Å². The molecule has 0 unspecified atom stereocenters. The first-order chi connectivity index (χ1) is 11.4. The van der Waals surface area contributed by atoms with Crippen molar-refractivity contribution in [1.29, 1.82) is 0 Å². The van der Waals surface area contributed by atoms with Crippen LogP contribution in [0.25, 0.3) is 0 Å². The fraction of sp³-hybridized carbons (Fsp3) is 0.556. The summed E-state index contributed by atoms with van der Waals surface area (Å²) >= 11 is 0. The summed E-state index contributed by atoms with van der Waals surface area (Å²) < 4.78 is 19.4. The maximum Gasteiger partial charge on any atom is 0.243 e. The molecule has 0 aliphatic carbocycles. The number of hydrogen-bond donors (Lipinski definition) is 0. The molecule has 24 heavy (non-hydrogen) atoms. The molecule has 1 aromatic heterocycles. The number of para-hydroxylation sites is 1. The highest BCUT2D eigenvalue weighted by atomic mass is 19.1. The summed E-state index contributed by atoms with van der Waals surface area (Å²) in [5.41, 5.74) is 0.558. The largest absolute Gasteiger partial charge is 0.367 e. The zero-order valence-corrected chi connectivity index (χ0v) is 14.8. The van der Waals surface area contributed by atoms with E-state index < -0.39 is 0 Å². The van der Waals surface area contributed by atoms with Gasteiger partial charge in [0.2, 0.25) is 5.89 Å². The summed E-state index contributed by atoms with van der Waals surface area (Å²) in [6.45, 7) is 11.5. The lowest BCUT2D eigenvalue weighted by Crippen LogP contribution is -2.47. The van der Waals surface area contributed by atoms with Crippen molar-refractivity contribution in [2.45, 2.75) is 39.2 Å². The third-order valence-electron chi connectivity index (χ3n) is 4.53. The van der Waals surface area contributed by atoms with E-state index in [1.807, 2.05) is 12.1 Å². The zero-order chi connectivity index (χ0) is 17.3. The first-order valence-electron chi connectivity index (χ1n) is 8.44. The van der Waals surface area contributed by atoms with Gasteiger partial charge < -0.3 is 9.42 Å². The van der Waals surface area contributed by atoms with Crippen LogP contribution in [0.1, 0.15) is 45.5 Å². The van der Waals surface area contributed by atoms with E-state index in [0.717, 1.165) is 32.0 Å². The van der Waals surface area contributed by atoms with Gasteiger partial charge in [0.05, 0.1) is 11.7 Å². The molecular weight excluding hydrogens is 307 g/mol. The van der Waals surface area contributed by atoms with E-state index in [9.17, 15) is 4.39 Å². The number of anilines is 1. The van der Waals surface area contributed by atoms with Gasteiger partial charge in [-0.2, -0.15) is 4.98 Å². The van der Waals surface area contributed by atoms with Crippen LogP contribution in [-0.2, 0) is 5.41 Å². The van der Waals surface area contributed by atoms with Crippen molar-refractivity contribution in [3.8, 4) is 0 Å². The SMILES string of the molecule is C[C@H](c1nc(C(C)(C)C)no1)N1CCN(c2ccccc2F)CC1. The molecule has 1 saturated heterocycles. The van der Waals surface area contributed by atoms with Crippen LogP contribution in [0.5, 0.6) is 0 Å². The van der Waals surface area contributed by atoms with Gasteiger partial charge in [-0.25, -0.2) is 4.39 Å². The first kappa shape index (κ1) is 16.9. The Labute approximate surface area is 142 Å². The smallest absolute Gasteiger partial charge is 0.243 e. The molecule has 1 aromatic carbocycles. The van der Waals surface area contributed by atoms with Gasteiger partial charge in [0, 0.05) is 31.6 Å². The Hall–Kier alpha value is -1.95. The average molecular weight is 332 g/mol. The van der Waals surface area contributed by atoms with Gasteiger partial charge >= 0.3 is 0 Å². The maximum atomic E-state index is 13.9. The van der Waals surface area contributed by atoms with E-state index in [2.05, 4.69) is 47.6 Å². The number of aromatic nitrogens is 2. The fourth-order valence-electron chi connectivity index (χ4n) is 2.92. The molecule has 2 heterocycles. The lowest BCUT2D eigenvalue weighted by atomic mass is 9.96. The average Bonchev–Trinajstić information content (AvgIpc) is 3.05. The molecule has 5 nitrogen and oxygen atoms in total. The molecule has 130 valence electrons. The fourth-order valence-corrected chi connectivity index (χ4v) is 2.92. The molecule has 0 amide bonds. The molecular formula is C18H25FN4O. The number of halogens is 1. The Morgan fingerprint density at radius 3 is 2.38 bits per heavy atom. The Morgan fingerprint density at radius 2 is 1.79 bits per heavy atom. The van der Waals surface area contributed by atoms with Crippen LogP contribution in [0, 0.1) is 5.82 Å². The molecule has 0 spiro atoms. The number of rotatable bonds is 3. The lowest BCUT2D eigenvalue weighted by molar-refractivity contribution is 0.164. The number of nitrogens with zero attached hydrogens (tertiary/aromatic N) is 4. The molecule has 0 saturated carbocycles. The van der Waals surface area contributed by atoms with Crippen molar-refractivity contribution < 1.29 is 8.91 Å². The summed E-state index contributed by atoms with van der Waals surface area (Å²) in [5.74, 6) is 1.22. The summed E-state index contributed by atoms with van der Waals surface area (Å²) in [7, 11) is 0. The molecule has 2 aromatic rings. The van der Waals surface area contributed by atoms with Crippen LogP contribution in [0.3, 0.4) is 0 Å². The van der Waals surface area contributed by atoms with Crippen molar-refractivity contribution >= 4 is 5.69 Å². The van der Waals surface area contributed by atoms with Gasteiger partial charge in [0.25, 0.3) is 0 Å². The Morgan fingerprint density at radius 1 is 1.12 bits per heavy atom. The molecule has 0 N–H and O–H groups in total. The van der Waals surface area contributed by atoms with E-state index in [1.54, 1.807) is 6.07 Å².